The summed E-state index contributed by atoms with van der Waals surface area (Å²) >= 11 is 0. The smallest absolute Gasteiger partial charge is 0.247 e. The molecule has 3 heteroatoms. The Hall–Kier alpha value is -4.24. The summed E-state index contributed by atoms with van der Waals surface area (Å²) in [5.41, 5.74) is 17.0. The summed E-state index contributed by atoms with van der Waals surface area (Å²) in [6.07, 6.45) is 0. The summed E-state index contributed by atoms with van der Waals surface area (Å²) in [4.78, 5) is 0. The zero-order valence-corrected chi connectivity index (χ0v) is 30.4. The molecule has 0 bridgehead atoms. The lowest BCUT2D eigenvalue weighted by Gasteiger charge is -2.42. The first-order valence-electron chi connectivity index (χ1n) is 17.7. The number of furan rings is 1. The molecule has 4 heterocycles. The van der Waals surface area contributed by atoms with Gasteiger partial charge in [-0.05, 0) is 79.3 Å². The van der Waals surface area contributed by atoms with Gasteiger partial charge in [-0.2, -0.15) is 0 Å². The van der Waals surface area contributed by atoms with Gasteiger partial charge < -0.3 is 8.98 Å². The Morgan fingerprint density at radius 1 is 0.604 bits per heavy atom. The summed E-state index contributed by atoms with van der Waals surface area (Å²) in [6, 6.07) is 30.6. The molecule has 0 radical (unpaired) electrons. The Morgan fingerprint density at radius 3 is 2.00 bits per heavy atom. The van der Waals surface area contributed by atoms with Gasteiger partial charge in [0, 0.05) is 32.8 Å². The molecular formula is C45H46BNO. The maximum atomic E-state index is 6.96. The van der Waals surface area contributed by atoms with Crippen molar-refractivity contribution in [1.29, 1.82) is 0 Å². The van der Waals surface area contributed by atoms with Crippen molar-refractivity contribution in [3.05, 3.63) is 107 Å². The molecule has 0 spiro atoms. The van der Waals surface area contributed by atoms with Crippen LogP contribution < -0.4 is 16.4 Å². The first-order chi connectivity index (χ1) is 22.5. The minimum Gasteiger partial charge on any atom is -0.455 e. The maximum Gasteiger partial charge on any atom is 0.247 e. The Morgan fingerprint density at radius 2 is 1.29 bits per heavy atom. The highest BCUT2D eigenvalue weighted by atomic mass is 16.3. The molecule has 9 rings (SSSR count). The Bertz CT molecular complexity index is 2530. The summed E-state index contributed by atoms with van der Waals surface area (Å²) in [7, 11) is 0. The molecule has 5 aromatic carbocycles. The second-order valence-corrected chi connectivity index (χ2v) is 18.3. The number of benzene rings is 5. The van der Waals surface area contributed by atoms with Crippen molar-refractivity contribution in [3.63, 3.8) is 0 Å². The first-order valence-corrected chi connectivity index (χ1v) is 17.7. The van der Waals surface area contributed by atoms with E-state index in [0.29, 0.717) is 0 Å². The number of hydrogen-bond donors (Lipinski definition) is 0. The molecule has 0 saturated carbocycles. The topological polar surface area (TPSA) is 18.1 Å². The SMILES string of the molecule is CC(C)(C)c1ccc2c(c1)B1c3ccccc3C(C)(C)c3ccc4c5c6oc7ccc(C(C)(C)C)cc7c6cc(C(C)(C)C)c5n-2c4c31. The van der Waals surface area contributed by atoms with Crippen LogP contribution in [-0.4, -0.2) is 11.3 Å². The number of aromatic nitrogens is 1. The van der Waals surface area contributed by atoms with Crippen LogP contribution in [0.2, 0.25) is 0 Å². The normalized spacial score (nSPS) is 15.5. The van der Waals surface area contributed by atoms with E-state index in [4.69, 9.17) is 4.42 Å². The van der Waals surface area contributed by atoms with E-state index < -0.39 is 0 Å². The van der Waals surface area contributed by atoms with Crippen LogP contribution in [0.15, 0.2) is 83.3 Å². The van der Waals surface area contributed by atoms with E-state index in [1.807, 2.05) is 0 Å². The average Bonchev–Trinajstić information content (AvgIpc) is 3.55. The van der Waals surface area contributed by atoms with E-state index in [1.54, 1.807) is 0 Å². The number of fused-ring (bicyclic) bond motifs is 12. The zero-order valence-electron chi connectivity index (χ0n) is 30.4. The van der Waals surface area contributed by atoms with Gasteiger partial charge in [-0.3, -0.25) is 0 Å². The van der Waals surface area contributed by atoms with E-state index in [0.717, 1.165) is 11.2 Å². The molecular weight excluding hydrogens is 581 g/mol. The van der Waals surface area contributed by atoms with Gasteiger partial charge in [-0.15, -0.1) is 0 Å². The fourth-order valence-corrected chi connectivity index (χ4v) is 9.06. The Kier molecular flexibility index (Phi) is 5.63. The number of nitrogens with zero attached hydrogens (tertiary/aromatic N) is 1. The zero-order chi connectivity index (χ0) is 33.9. The van der Waals surface area contributed by atoms with Gasteiger partial charge in [0.05, 0.1) is 10.9 Å². The van der Waals surface area contributed by atoms with Gasteiger partial charge in [-0.1, -0.05) is 136 Å². The van der Waals surface area contributed by atoms with Gasteiger partial charge in [0.25, 0.3) is 0 Å². The number of rotatable bonds is 0. The molecule has 2 aromatic heterocycles. The molecule has 48 heavy (non-hydrogen) atoms. The first kappa shape index (κ1) is 29.9. The third-order valence-corrected chi connectivity index (χ3v) is 11.7. The van der Waals surface area contributed by atoms with Crippen LogP contribution >= 0.6 is 0 Å². The molecule has 2 nitrogen and oxygen atoms in total. The van der Waals surface area contributed by atoms with Crippen molar-refractivity contribution in [2.45, 2.75) is 97.8 Å². The van der Waals surface area contributed by atoms with Crippen molar-refractivity contribution in [2.75, 3.05) is 0 Å². The van der Waals surface area contributed by atoms with Crippen molar-refractivity contribution in [1.82, 2.24) is 4.57 Å². The largest absolute Gasteiger partial charge is 0.455 e. The molecule has 0 N–H and O–H groups in total. The fourth-order valence-electron chi connectivity index (χ4n) is 9.06. The molecule has 240 valence electrons. The van der Waals surface area contributed by atoms with E-state index in [2.05, 4.69) is 160 Å². The maximum absolute atomic E-state index is 6.96. The molecule has 0 unspecified atom stereocenters. The van der Waals surface area contributed by atoms with Gasteiger partial charge >= 0.3 is 0 Å². The van der Waals surface area contributed by atoms with Crippen molar-refractivity contribution in [3.8, 4) is 5.69 Å². The Labute approximate surface area is 285 Å². The highest BCUT2D eigenvalue weighted by molar-refractivity contribution is 6.99. The van der Waals surface area contributed by atoms with Crippen molar-refractivity contribution >= 4 is 66.8 Å². The van der Waals surface area contributed by atoms with Gasteiger partial charge in [0.2, 0.25) is 6.71 Å². The van der Waals surface area contributed by atoms with Crippen LogP contribution in [0.1, 0.15) is 104 Å². The van der Waals surface area contributed by atoms with Crippen LogP contribution in [0, 0.1) is 0 Å². The third kappa shape index (κ3) is 3.77. The van der Waals surface area contributed by atoms with Gasteiger partial charge in [0.15, 0.2) is 0 Å². The van der Waals surface area contributed by atoms with Crippen LogP contribution in [0.25, 0.3) is 49.4 Å². The summed E-state index contributed by atoms with van der Waals surface area (Å²) < 4.78 is 9.60. The predicted molar refractivity (Wildman–Crippen MR) is 207 cm³/mol. The lowest BCUT2D eigenvalue weighted by atomic mass is 9.30. The van der Waals surface area contributed by atoms with Crippen molar-refractivity contribution in [2.24, 2.45) is 0 Å². The lowest BCUT2D eigenvalue weighted by Crippen LogP contribution is -2.63. The molecule has 0 amide bonds. The second-order valence-electron chi connectivity index (χ2n) is 18.3. The minimum absolute atomic E-state index is 0.0409. The summed E-state index contributed by atoms with van der Waals surface area (Å²) in [6.45, 7) is 26.0. The monoisotopic (exact) mass is 627 g/mol. The quantitative estimate of drug-likeness (QED) is 0.153. The highest BCUT2D eigenvalue weighted by Crippen LogP contribution is 2.48. The second kappa shape index (κ2) is 9.05. The van der Waals surface area contributed by atoms with Crippen LogP contribution in [-0.2, 0) is 21.7 Å². The lowest BCUT2D eigenvalue weighted by molar-refractivity contribution is 0.590. The molecule has 0 aliphatic carbocycles. The molecule has 0 fully saturated rings. The van der Waals surface area contributed by atoms with Gasteiger partial charge in [0.1, 0.15) is 11.2 Å². The number of hydrogen-bond acceptors (Lipinski definition) is 1. The van der Waals surface area contributed by atoms with Crippen molar-refractivity contribution < 1.29 is 4.42 Å². The standard InChI is InChI=1S/C45H46BNO/c1-42(2,3)25-17-21-36-28(22-25)29-24-32(44(7,8)9)40-37(41(29)48-36)27-18-19-31-38-39(27)47(40)35-20-16-26(43(4,5)6)23-34(35)46(38)33-15-13-12-14-30(33)45(31,10)11/h12-24H,1-11H3. The van der Waals surface area contributed by atoms with Crippen LogP contribution in [0.3, 0.4) is 0 Å². The molecule has 2 aliphatic rings. The van der Waals surface area contributed by atoms with Crippen LogP contribution in [0.4, 0.5) is 0 Å². The summed E-state index contributed by atoms with van der Waals surface area (Å²) in [5.74, 6) is 0. The molecule has 2 aliphatic heterocycles. The van der Waals surface area contributed by atoms with E-state index >= 15 is 0 Å². The van der Waals surface area contributed by atoms with E-state index in [1.165, 1.54) is 82.5 Å². The van der Waals surface area contributed by atoms with E-state index in [-0.39, 0.29) is 28.4 Å². The highest BCUT2D eigenvalue weighted by Gasteiger charge is 2.46. The average molecular weight is 628 g/mol. The van der Waals surface area contributed by atoms with Gasteiger partial charge in [-0.25, -0.2) is 0 Å². The van der Waals surface area contributed by atoms with E-state index in [9.17, 15) is 0 Å². The fraction of sp³-hybridized carbons (Fsp3) is 0.333. The molecule has 7 aromatic rings. The third-order valence-electron chi connectivity index (χ3n) is 11.7. The molecule has 0 saturated heterocycles. The predicted octanol–water partition coefficient (Wildman–Crippen LogP) is 10.0. The Balaban J connectivity index is 1.54. The summed E-state index contributed by atoms with van der Waals surface area (Å²) in [5, 5.41) is 4.96. The molecule has 0 atom stereocenters. The van der Waals surface area contributed by atoms with Crippen LogP contribution in [0.5, 0.6) is 0 Å². The minimum atomic E-state index is -0.123.